The Bertz CT molecular complexity index is 555. The average molecular weight is 610 g/mol. The Labute approximate surface area is 270 Å². The smallest absolute Gasteiger partial charge is 0.305 e. The standard InChI is InChI=1S/C39H79NO3/c1-5-9-12-14-16-20-24-30-38(40(34-28-35-41)33-27-23-19-15-13-10-6-2)31-25-21-17-18-22-26-32-39(42)43-36-37(8-4)29-11-7-3/h37-38,41H,5-36H2,1-4H3. The summed E-state index contributed by atoms with van der Waals surface area (Å²) in [6.45, 7) is 12.2. The van der Waals surface area contributed by atoms with Gasteiger partial charge in [0.2, 0.25) is 0 Å². The number of esters is 1. The second-order valence-corrected chi connectivity index (χ2v) is 13.6. The number of rotatable bonds is 35. The van der Waals surface area contributed by atoms with Crippen molar-refractivity contribution in [3.05, 3.63) is 0 Å². The Balaban J connectivity index is 4.44. The van der Waals surface area contributed by atoms with Crippen LogP contribution in [-0.2, 0) is 9.53 Å². The van der Waals surface area contributed by atoms with E-state index >= 15 is 0 Å². The van der Waals surface area contributed by atoms with Gasteiger partial charge in [-0.15, -0.1) is 0 Å². The van der Waals surface area contributed by atoms with E-state index < -0.39 is 0 Å². The van der Waals surface area contributed by atoms with Gasteiger partial charge in [0.1, 0.15) is 0 Å². The van der Waals surface area contributed by atoms with Crippen molar-refractivity contribution in [2.24, 2.45) is 5.92 Å². The minimum absolute atomic E-state index is 0.00656. The average Bonchev–Trinajstić information content (AvgIpc) is 3.02. The molecule has 4 nitrogen and oxygen atoms in total. The molecule has 0 aromatic rings. The fraction of sp³-hybridized carbons (Fsp3) is 0.974. The van der Waals surface area contributed by atoms with Crippen molar-refractivity contribution in [3.63, 3.8) is 0 Å². The van der Waals surface area contributed by atoms with E-state index in [9.17, 15) is 9.90 Å². The summed E-state index contributed by atoms with van der Waals surface area (Å²) in [5.41, 5.74) is 0. The largest absolute Gasteiger partial charge is 0.465 e. The first-order valence-corrected chi connectivity index (χ1v) is 19.6. The zero-order valence-electron chi connectivity index (χ0n) is 30.0. The number of carbonyl (C=O) groups excluding carboxylic acids is 1. The number of aliphatic hydroxyl groups is 1. The molecule has 0 aliphatic carbocycles. The van der Waals surface area contributed by atoms with E-state index in [1.165, 1.54) is 154 Å². The molecule has 0 heterocycles. The third-order valence-electron chi connectivity index (χ3n) is 9.50. The molecule has 0 aliphatic heterocycles. The number of hydrogen-bond acceptors (Lipinski definition) is 4. The molecular formula is C39H79NO3. The van der Waals surface area contributed by atoms with Crippen LogP contribution >= 0.6 is 0 Å². The number of carbonyl (C=O) groups is 1. The molecule has 4 heteroatoms. The molecule has 0 aliphatic rings. The van der Waals surface area contributed by atoms with Crippen LogP contribution in [-0.4, -0.2) is 48.3 Å². The van der Waals surface area contributed by atoms with E-state index in [1.54, 1.807) is 0 Å². The third kappa shape index (κ3) is 28.6. The van der Waals surface area contributed by atoms with E-state index in [0.29, 0.717) is 31.6 Å². The van der Waals surface area contributed by atoms with Crippen LogP contribution in [0.3, 0.4) is 0 Å². The van der Waals surface area contributed by atoms with Gasteiger partial charge in [0.25, 0.3) is 0 Å². The predicted octanol–water partition coefficient (Wildman–Crippen LogP) is 11.8. The quantitative estimate of drug-likeness (QED) is 0.0573. The summed E-state index contributed by atoms with van der Waals surface area (Å²) in [5.74, 6) is 0.542. The zero-order chi connectivity index (χ0) is 31.6. The van der Waals surface area contributed by atoms with E-state index in [0.717, 1.165) is 32.2 Å². The molecule has 0 aromatic carbocycles. The summed E-state index contributed by atoms with van der Waals surface area (Å²) in [7, 11) is 0. The normalized spacial score (nSPS) is 13.1. The Morgan fingerprint density at radius 2 is 1.02 bits per heavy atom. The number of hydrogen-bond donors (Lipinski definition) is 1. The molecule has 0 saturated carbocycles. The van der Waals surface area contributed by atoms with Gasteiger partial charge in [-0.1, -0.05) is 163 Å². The first kappa shape index (κ1) is 42.4. The first-order valence-electron chi connectivity index (χ1n) is 19.6. The molecule has 1 N–H and O–H groups in total. The molecule has 2 unspecified atom stereocenters. The highest BCUT2D eigenvalue weighted by Crippen LogP contribution is 2.21. The summed E-state index contributed by atoms with van der Waals surface area (Å²) >= 11 is 0. The number of aliphatic hydroxyl groups excluding tert-OH is 1. The topological polar surface area (TPSA) is 49.8 Å². The number of ether oxygens (including phenoxy) is 1. The van der Waals surface area contributed by atoms with Gasteiger partial charge in [0.05, 0.1) is 6.61 Å². The van der Waals surface area contributed by atoms with Gasteiger partial charge < -0.3 is 14.7 Å². The van der Waals surface area contributed by atoms with Gasteiger partial charge in [0, 0.05) is 25.6 Å². The van der Waals surface area contributed by atoms with E-state index in [1.807, 2.05) is 0 Å². The highest BCUT2D eigenvalue weighted by Gasteiger charge is 2.18. The van der Waals surface area contributed by atoms with Crippen LogP contribution in [0.1, 0.15) is 207 Å². The van der Waals surface area contributed by atoms with Crippen LogP contribution in [0.5, 0.6) is 0 Å². The summed E-state index contributed by atoms with van der Waals surface area (Å²) < 4.78 is 5.58. The lowest BCUT2D eigenvalue weighted by molar-refractivity contribution is -0.145. The molecule has 0 rings (SSSR count). The maximum Gasteiger partial charge on any atom is 0.305 e. The Kier molecular flexibility index (Phi) is 33.8. The predicted molar refractivity (Wildman–Crippen MR) is 189 cm³/mol. The fourth-order valence-corrected chi connectivity index (χ4v) is 6.41. The van der Waals surface area contributed by atoms with Crippen molar-refractivity contribution in [1.82, 2.24) is 4.90 Å². The molecule has 2 atom stereocenters. The van der Waals surface area contributed by atoms with Gasteiger partial charge in [-0.2, -0.15) is 0 Å². The van der Waals surface area contributed by atoms with Crippen LogP contribution in [0.2, 0.25) is 0 Å². The van der Waals surface area contributed by atoms with Gasteiger partial charge in [-0.25, -0.2) is 0 Å². The Morgan fingerprint density at radius 3 is 1.53 bits per heavy atom. The summed E-state index contributed by atoms with van der Waals surface area (Å²) in [6, 6.07) is 0.682. The van der Waals surface area contributed by atoms with Gasteiger partial charge in [0.15, 0.2) is 0 Å². The van der Waals surface area contributed by atoms with E-state index in [-0.39, 0.29) is 5.97 Å². The zero-order valence-corrected chi connectivity index (χ0v) is 30.0. The minimum atomic E-state index is 0.00656. The van der Waals surface area contributed by atoms with Crippen LogP contribution < -0.4 is 0 Å². The van der Waals surface area contributed by atoms with Crippen LogP contribution in [0.15, 0.2) is 0 Å². The molecule has 0 bridgehead atoms. The minimum Gasteiger partial charge on any atom is -0.465 e. The number of unbranched alkanes of at least 4 members (excludes halogenated alkanes) is 18. The van der Waals surface area contributed by atoms with Crippen molar-refractivity contribution < 1.29 is 14.6 Å². The molecule has 0 fully saturated rings. The Hall–Kier alpha value is -0.610. The highest BCUT2D eigenvalue weighted by molar-refractivity contribution is 5.69. The molecule has 0 saturated heterocycles. The molecule has 0 aromatic heterocycles. The molecule has 0 radical (unpaired) electrons. The lowest BCUT2D eigenvalue weighted by atomic mass is 9.98. The monoisotopic (exact) mass is 610 g/mol. The van der Waals surface area contributed by atoms with Crippen molar-refractivity contribution >= 4 is 5.97 Å². The maximum absolute atomic E-state index is 12.2. The summed E-state index contributed by atoms with van der Waals surface area (Å²) in [4.78, 5) is 14.9. The maximum atomic E-state index is 12.2. The molecule has 258 valence electrons. The van der Waals surface area contributed by atoms with Crippen LogP contribution in [0, 0.1) is 5.92 Å². The van der Waals surface area contributed by atoms with Crippen molar-refractivity contribution in [2.75, 3.05) is 26.3 Å². The second kappa shape index (κ2) is 34.3. The molecule has 43 heavy (non-hydrogen) atoms. The summed E-state index contributed by atoms with van der Waals surface area (Å²) in [5, 5.41) is 9.60. The van der Waals surface area contributed by atoms with Crippen molar-refractivity contribution in [2.45, 2.75) is 214 Å². The van der Waals surface area contributed by atoms with Gasteiger partial charge >= 0.3 is 5.97 Å². The number of nitrogens with zero attached hydrogens (tertiary/aromatic N) is 1. The van der Waals surface area contributed by atoms with Gasteiger partial charge in [-0.3, -0.25) is 4.79 Å². The Morgan fingerprint density at radius 1 is 0.558 bits per heavy atom. The first-order chi connectivity index (χ1) is 21.1. The van der Waals surface area contributed by atoms with E-state index in [2.05, 4.69) is 32.6 Å². The third-order valence-corrected chi connectivity index (χ3v) is 9.50. The van der Waals surface area contributed by atoms with E-state index in [4.69, 9.17) is 4.74 Å². The van der Waals surface area contributed by atoms with Gasteiger partial charge in [-0.05, 0) is 51.0 Å². The van der Waals surface area contributed by atoms with Crippen molar-refractivity contribution in [3.8, 4) is 0 Å². The lowest BCUT2D eigenvalue weighted by Gasteiger charge is -2.32. The summed E-state index contributed by atoms with van der Waals surface area (Å²) in [6.07, 6.45) is 35.3. The SMILES string of the molecule is CCCCCCCCCC(CCCCCCCCC(=O)OCC(CC)CCCC)N(CCCO)CCCCCCCCC. The van der Waals surface area contributed by atoms with Crippen molar-refractivity contribution in [1.29, 1.82) is 0 Å². The fourth-order valence-electron chi connectivity index (χ4n) is 6.41. The lowest BCUT2D eigenvalue weighted by Crippen LogP contribution is -2.37. The van der Waals surface area contributed by atoms with Crippen LogP contribution in [0.25, 0.3) is 0 Å². The highest BCUT2D eigenvalue weighted by atomic mass is 16.5. The second-order valence-electron chi connectivity index (χ2n) is 13.6. The van der Waals surface area contributed by atoms with Crippen LogP contribution in [0.4, 0.5) is 0 Å². The molecular weight excluding hydrogens is 530 g/mol. The molecule has 0 spiro atoms. The molecule has 0 amide bonds.